The van der Waals surface area contributed by atoms with Crippen LogP contribution < -0.4 is 11.5 Å². The molecule has 3 nitrogen and oxygen atoms in total. The van der Waals surface area contributed by atoms with Crippen LogP contribution in [0.1, 0.15) is 19.3 Å². The molecule has 0 aliphatic heterocycles. The van der Waals surface area contributed by atoms with E-state index >= 15 is 0 Å². The van der Waals surface area contributed by atoms with Crippen molar-refractivity contribution >= 4 is 6.04 Å². The smallest absolute Gasteiger partial charge is 0.318 e. The largest absolute Gasteiger partial charge is 0.330 e. The molecule has 0 unspecified atom stereocenters. The first-order chi connectivity index (χ1) is 4.68. The van der Waals surface area contributed by atoms with E-state index in [1.165, 1.54) is 0 Å². The van der Waals surface area contributed by atoms with Crippen LogP contribution in [0, 0.1) is 0 Å². The number of hydrogen-bond acceptors (Lipinski definition) is 3. The average molecular weight is 148 g/mol. The van der Waals surface area contributed by atoms with Crippen LogP contribution in [0.25, 0.3) is 0 Å². The van der Waals surface area contributed by atoms with E-state index in [4.69, 9.17) is 11.5 Å². The number of carbonyl (C=O) groups excluding carboxylic acids is 1. The Morgan fingerprint density at radius 2 is 2.10 bits per heavy atom. The minimum atomic E-state index is -1.43. The second-order valence-electron chi connectivity index (χ2n) is 2.20. The fraction of sp³-hybridized carbons (Fsp3) is 0.833. The Morgan fingerprint density at radius 1 is 1.50 bits per heavy atom. The molecule has 4 heteroatoms. The van der Waals surface area contributed by atoms with Gasteiger partial charge in [0.05, 0.1) is 6.04 Å². The van der Waals surface area contributed by atoms with Crippen LogP contribution in [0.15, 0.2) is 0 Å². The molecule has 0 saturated heterocycles. The first-order valence-corrected chi connectivity index (χ1v) is 3.33. The van der Waals surface area contributed by atoms with Gasteiger partial charge in [-0.3, -0.25) is 4.79 Å². The first-order valence-electron chi connectivity index (χ1n) is 3.33. The third-order valence-corrected chi connectivity index (χ3v) is 1.26. The number of halogens is 1. The minimum absolute atomic E-state index is 0.395. The van der Waals surface area contributed by atoms with Crippen molar-refractivity contribution in [3.05, 3.63) is 0 Å². The summed E-state index contributed by atoms with van der Waals surface area (Å²) in [4.78, 5) is 9.91. The van der Waals surface area contributed by atoms with Gasteiger partial charge in [0, 0.05) is 0 Å². The summed E-state index contributed by atoms with van der Waals surface area (Å²) in [5, 5.41) is 0. The van der Waals surface area contributed by atoms with Crippen molar-refractivity contribution < 1.29 is 9.18 Å². The Bertz CT molecular complexity index is 108. The Morgan fingerprint density at radius 3 is 2.50 bits per heavy atom. The van der Waals surface area contributed by atoms with Gasteiger partial charge in [-0.25, -0.2) is 0 Å². The van der Waals surface area contributed by atoms with Crippen LogP contribution in [-0.4, -0.2) is 18.6 Å². The maximum absolute atomic E-state index is 11.7. The standard InChI is InChI=1S/C6H13FN2O/c7-6(10)5(9)3-1-2-4-8/h5H,1-4,8-9H2/t5-/m1/s1. The predicted molar refractivity (Wildman–Crippen MR) is 37.0 cm³/mol. The fourth-order valence-electron chi connectivity index (χ4n) is 0.622. The molecular weight excluding hydrogens is 135 g/mol. The second kappa shape index (κ2) is 5.32. The van der Waals surface area contributed by atoms with E-state index in [9.17, 15) is 9.18 Å². The summed E-state index contributed by atoms with van der Waals surface area (Å²) in [6, 6.07) is -2.37. The molecule has 0 aromatic carbocycles. The lowest BCUT2D eigenvalue weighted by Crippen LogP contribution is -2.27. The van der Waals surface area contributed by atoms with Gasteiger partial charge in [0.2, 0.25) is 0 Å². The normalized spacial score (nSPS) is 13.1. The van der Waals surface area contributed by atoms with Crippen LogP contribution in [0.3, 0.4) is 0 Å². The van der Waals surface area contributed by atoms with E-state index in [1.807, 2.05) is 0 Å². The van der Waals surface area contributed by atoms with E-state index in [0.717, 1.165) is 6.42 Å². The summed E-state index contributed by atoms with van der Waals surface area (Å²) in [5.74, 6) is 0. The lowest BCUT2D eigenvalue weighted by atomic mass is 10.1. The summed E-state index contributed by atoms with van der Waals surface area (Å²) in [6.07, 6.45) is 1.90. The molecule has 0 aromatic heterocycles. The van der Waals surface area contributed by atoms with Crippen LogP contribution in [0.5, 0.6) is 0 Å². The highest BCUT2D eigenvalue weighted by molar-refractivity contribution is 5.73. The number of nitrogens with two attached hydrogens (primary N) is 2. The van der Waals surface area contributed by atoms with Gasteiger partial charge in [-0.1, -0.05) is 6.42 Å². The number of carbonyl (C=O) groups is 1. The van der Waals surface area contributed by atoms with Crippen LogP contribution in [-0.2, 0) is 4.79 Å². The molecule has 0 bridgehead atoms. The predicted octanol–water partition coefficient (Wildman–Crippen LogP) is -0.0612. The fourth-order valence-corrected chi connectivity index (χ4v) is 0.622. The maximum Gasteiger partial charge on any atom is 0.318 e. The molecule has 10 heavy (non-hydrogen) atoms. The SMILES string of the molecule is NCCCC[C@@H](N)C(=O)F. The molecule has 0 aliphatic carbocycles. The molecule has 0 aromatic rings. The molecule has 1 atom stereocenters. The van der Waals surface area contributed by atoms with E-state index in [1.54, 1.807) is 0 Å². The van der Waals surface area contributed by atoms with Crippen molar-refractivity contribution in [2.45, 2.75) is 25.3 Å². The zero-order valence-electron chi connectivity index (χ0n) is 5.85. The van der Waals surface area contributed by atoms with Crippen molar-refractivity contribution in [1.29, 1.82) is 0 Å². The van der Waals surface area contributed by atoms with E-state index in [-0.39, 0.29) is 0 Å². The monoisotopic (exact) mass is 148 g/mol. The molecule has 0 rings (SSSR count). The summed E-state index contributed by atoms with van der Waals surface area (Å²) in [6.45, 7) is 0.563. The number of rotatable bonds is 5. The van der Waals surface area contributed by atoms with Crippen LogP contribution in [0.2, 0.25) is 0 Å². The quantitative estimate of drug-likeness (QED) is 0.424. The minimum Gasteiger partial charge on any atom is -0.330 e. The average Bonchev–Trinajstić information content (AvgIpc) is 1.88. The Balaban J connectivity index is 3.21. The van der Waals surface area contributed by atoms with Crippen molar-refractivity contribution in [3.63, 3.8) is 0 Å². The van der Waals surface area contributed by atoms with Crippen molar-refractivity contribution in [2.24, 2.45) is 11.5 Å². The maximum atomic E-state index is 11.7. The highest BCUT2D eigenvalue weighted by atomic mass is 19.1. The highest BCUT2D eigenvalue weighted by Gasteiger charge is 2.10. The van der Waals surface area contributed by atoms with Crippen molar-refractivity contribution in [3.8, 4) is 0 Å². The van der Waals surface area contributed by atoms with Crippen LogP contribution >= 0.6 is 0 Å². The van der Waals surface area contributed by atoms with Gasteiger partial charge in [-0.05, 0) is 19.4 Å². The first kappa shape index (κ1) is 9.52. The van der Waals surface area contributed by atoms with E-state index < -0.39 is 12.1 Å². The summed E-state index contributed by atoms with van der Waals surface area (Å²) >= 11 is 0. The van der Waals surface area contributed by atoms with Gasteiger partial charge in [0.1, 0.15) is 0 Å². The number of unbranched alkanes of at least 4 members (excludes halogenated alkanes) is 1. The Kier molecular flexibility index (Phi) is 5.06. The highest BCUT2D eigenvalue weighted by Crippen LogP contribution is 1.98. The molecule has 0 spiro atoms. The lowest BCUT2D eigenvalue weighted by Gasteiger charge is -2.02. The zero-order chi connectivity index (χ0) is 7.98. The molecule has 0 amide bonds. The van der Waals surface area contributed by atoms with Gasteiger partial charge >= 0.3 is 6.04 Å². The molecule has 60 valence electrons. The van der Waals surface area contributed by atoms with Gasteiger partial charge < -0.3 is 11.5 Å². The van der Waals surface area contributed by atoms with E-state index in [2.05, 4.69) is 0 Å². The Labute approximate surface area is 59.6 Å². The van der Waals surface area contributed by atoms with Gasteiger partial charge in [-0.15, -0.1) is 0 Å². The molecular formula is C6H13FN2O. The van der Waals surface area contributed by atoms with Crippen molar-refractivity contribution in [1.82, 2.24) is 0 Å². The summed E-state index contributed by atoms with van der Waals surface area (Å²) in [7, 11) is 0. The third kappa shape index (κ3) is 4.40. The Hall–Kier alpha value is -0.480. The third-order valence-electron chi connectivity index (χ3n) is 1.26. The molecule has 0 radical (unpaired) electrons. The zero-order valence-corrected chi connectivity index (χ0v) is 5.85. The topological polar surface area (TPSA) is 69.1 Å². The number of hydrogen-bond donors (Lipinski definition) is 2. The second-order valence-corrected chi connectivity index (χ2v) is 2.20. The summed E-state index contributed by atoms with van der Waals surface area (Å²) in [5.41, 5.74) is 10.3. The molecule has 0 fully saturated rings. The van der Waals surface area contributed by atoms with Gasteiger partial charge in [0.25, 0.3) is 0 Å². The molecule has 0 saturated carbocycles. The van der Waals surface area contributed by atoms with Gasteiger partial charge in [-0.2, -0.15) is 4.39 Å². The molecule has 0 heterocycles. The van der Waals surface area contributed by atoms with Crippen molar-refractivity contribution in [2.75, 3.05) is 6.54 Å². The summed E-state index contributed by atoms with van der Waals surface area (Å²) < 4.78 is 11.7. The van der Waals surface area contributed by atoms with Gasteiger partial charge in [0.15, 0.2) is 0 Å². The lowest BCUT2D eigenvalue weighted by molar-refractivity contribution is -0.130. The molecule has 4 N–H and O–H groups in total. The molecule has 0 aliphatic rings. The van der Waals surface area contributed by atoms with Crippen LogP contribution in [0.4, 0.5) is 4.39 Å². The van der Waals surface area contributed by atoms with E-state index in [0.29, 0.717) is 19.4 Å².